The van der Waals surface area contributed by atoms with Crippen LogP contribution in [0, 0.1) is 0 Å². The molecule has 0 aliphatic heterocycles. The maximum Gasteiger partial charge on any atom is 0.240 e. The predicted molar refractivity (Wildman–Crippen MR) is 108 cm³/mol. The summed E-state index contributed by atoms with van der Waals surface area (Å²) in [6, 6.07) is 12.1. The molecule has 3 rings (SSSR count). The normalized spacial score (nSPS) is 13.2. The van der Waals surface area contributed by atoms with E-state index in [4.69, 9.17) is 16.3 Å². The molecular formula is C20H23ClN2O4S. The number of nitrogens with one attached hydrogen (secondary N) is 2. The van der Waals surface area contributed by atoms with Gasteiger partial charge in [-0.2, -0.15) is 0 Å². The lowest BCUT2D eigenvalue weighted by Crippen LogP contribution is -2.32. The maximum atomic E-state index is 12.1. The second kappa shape index (κ2) is 9.41. The van der Waals surface area contributed by atoms with Crippen molar-refractivity contribution < 1.29 is 17.9 Å². The Morgan fingerprint density at radius 2 is 1.89 bits per heavy atom. The number of hydrogen-bond donors (Lipinski definition) is 2. The molecule has 1 aliphatic carbocycles. The van der Waals surface area contributed by atoms with Gasteiger partial charge in [0.25, 0.3) is 0 Å². The first-order valence-electron chi connectivity index (χ1n) is 9.20. The minimum absolute atomic E-state index is 0.00631. The number of amides is 1. The number of aryl methyl sites for hydroxylation is 2. The molecule has 0 heterocycles. The molecule has 6 nitrogen and oxygen atoms in total. The van der Waals surface area contributed by atoms with Crippen molar-refractivity contribution in [1.82, 2.24) is 10.0 Å². The van der Waals surface area contributed by atoms with Crippen LogP contribution in [0.1, 0.15) is 24.0 Å². The number of hydrogen-bond acceptors (Lipinski definition) is 4. The highest BCUT2D eigenvalue weighted by Crippen LogP contribution is 2.25. The first kappa shape index (κ1) is 20.6. The van der Waals surface area contributed by atoms with E-state index in [1.165, 1.54) is 29.7 Å². The highest BCUT2D eigenvalue weighted by atomic mass is 35.5. The first-order valence-corrected chi connectivity index (χ1v) is 11.1. The van der Waals surface area contributed by atoms with Crippen molar-refractivity contribution in [3.05, 3.63) is 58.6 Å². The van der Waals surface area contributed by atoms with Crippen LogP contribution in [0.2, 0.25) is 5.02 Å². The van der Waals surface area contributed by atoms with Gasteiger partial charge in [0, 0.05) is 18.0 Å². The van der Waals surface area contributed by atoms with Crippen molar-refractivity contribution in [2.45, 2.75) is 30.6 Å². The van der Waals surface area contributed by atoms with Gasteiger partial charge in [0.1, 0.15) is 12.4 Å². The topological polar surface area (TPSA) is 84.5 Å². The molecule has 0 atom stereocenters. The molecule has 0 unspecified atom stereocenters. The number of sulfonamides is 1. The second-order valence-electron chi connectivity index (χ2n) is 6.59. The van der Waals surface area contributed by atoms with E-state index in [9.17, 15) is 13.2 Å². The lowest BCUT2D eigenvalue weighted by atomic mass is 10.1. The molecule has 28 heavy (non-hydrogen) atoms. The number of benzene rings is 2. The Bertz CT molecular complexity index is 947. The SMILES string of the molecule is O=C(CCNS(=O)(=O)c1cccc(Cl)c1)NCCOc1ccc2c(c1)CCC2. The van der Waals surface area contributed by atoms with Gasteiger partial charge < -0.3 is 10.1 Å². The van der Waals surface area contributed by atoms with Gasteiger partial charge >= 0.3 is 0 Å². The summed E-state index contributed by atoms with van der Waals surface area (Å²) >= 11 is 5.81. The van der Waals surface area contributed by atoms with Crippen molar-refractivity contribution >= 4 is 27.5 Å². The molecule has 0 spiro atoms. The molecule has 2 aromatic carbocycles. The molecule has 0 bridgehead atoms. The summed E-state index contributed by atoms with van der Waals surface area (Å²) in [5.74, 6) is 0.565. The van der Waals surface area contributed by atoms with E-state index in [1.807, 2.05) is 6.07 Å². The average Bonchev–Trinajstić information content (AvgIpc) is 3.13. The number of halogens is 1. The number of carbonyl (C=O) groups is 1. The summed E-state index contributed by atoms with van der Waals surface area (Å²) in [4.78, 5) is 11.9. The van der Waals surface area contributed by atoms with E-state index >= 15 is 0 Å². The van der Waals surface area contributed by atoms with Gasteiger partial charge in [0.15, 0.2) is 0 Å². The van der Waals surface area contributed by atoms with Crippen LogP contribution in [0.5, 0.6) is 5.75 Å². The van der Waals surface area contributed by atoms with Gasteiger partial charge in [0.2, 0.25) is 15.9 Å². The Morgan fingerprint density at radius 1 is 1.07 bits per heavy atom. The fourth-order valence-electron chi connectivity index (χ4n) is 3.10. The van der Waals surface area contributed by atoms with Crippen LogP contribution in [0.3, 0.4) is 0 Å². The fraction of sp³-hybridized carbons (Fsp3) is 0.350. The van der Waals surface area contributed by atoms with Gasteiger partial charge in [-0.15, -0.1) is 0 Å². The molecule has 0 saturated carbocycles. The van der Waals surface area contributed by atoms with E-state index in [-0.39, 0.29) is 23.8 Å². The quantitative estimate of drug-likeness (QED) is 0.608. The number of ether oxygens (including phenoxy) is 1. The zero-order valence-electron chi connectivity index (χ0n) is 15.4. The summed E-state index contributed by atoms with van der Waals surface area (Å²) in [5, 5.41) is 3.06. The van der Waals surface area contributed by atoms with Crippen molar-refractivity contribution in [2.75, 3.05) is 19.7 Å². The molecule has 0 aromatic heterocycles. The molecule has 1 aliphatic rings. The van der Waals surface area contributed by atoms with Crippen molar-refractivity contribution in [3.8, 4) is 5.75 Å². The Morgan fingerprint density at radius 3 is 2.71 bits per heavy atom. The fourth-order valence-corrected chi connectivity index (χ4v) is 4.43. The van der Waals surface area contributed by atoms with Crippen LogP contribution in [0.4, 0.5) is 0 Å². The monoisotopic (exact) mass is 422 g/mol. The lowest BCUT2D eigenvalue weighted by Gasteiger charge is -2.10. The van der Waals surface area contributed by atoms with Crippen LogP contribution >= 0.6 is 11.6 Å². The zero-order chi connectivity index (χ0) is 20.0. The standard InChI is InChI=1S/C20H23ClN2O4S/c21-17-5-2-6-19(14-17)28(25,26)23-10-9-20(24)22-11-12-27-18-8-7-15-3-1-4-16(15)13-18/h2,5-8,13-14,23H,1,3-4,9-12H2,(H,22,24). The van der Waals surface area contributed by atoms with Crippen LogP contribution in [-0.2, 0) is 27.7 Å². The molecule has 0 radical (unpaired) electrons. The Labute approximate surface area is 170 Å². The number of fused-ring (bicyclic) bond motifs is 1. The third-order valence-electron chi connectivity index (χ3n) is 4.51. The lowest BCUT2D eigenvalue weighted by molar-refractivity contribution is -0.121. The highest BCUT2D eigenvalue weighted by Gasteiger charge is 2.14. The molecule has 150 valence electrons. The van der Waals surface area contributed by atoms with Gasteiger partial charge in [0.05, 0.1) is 11.4 Å². The molecule has 1 amide bonds. The van der Waals surface area contributed by atoms with E-state index < -0.39 is 10.0 Å². The molecule has 8 heteroatoms. The van der Waals surface area contributed by atoms with Crippen LogP contribution in [0.15, 0.2) is 47.4 Å². The van der Waals surface area contributed by atoms with Gasteiger partial charge in [-0.05, 0) is 60.7 Å². The number of rotatable bonds is 9. The highest BCUT2D eigenvalue weighted by molar-refractivity contribution is 7.89. The van der Waals surface area contributed by atoms with E-state index in [0.717, 1.165) is 18.6 Å². The van der Waals surface area contributed by atoms with Gasteiger partial charge in [-0.1, -0.05) is 23.7 Å². The van der Waals surface area contributed by atoms with Crippen LogP contribution in [0.25, 0.3) is 0 Å². The van der Waals surface area contributed by atoms with Crippen LogP contribution < -0.4 is 14.8 Å². The first-order chi connectivity index (χ1) is 13.4. The maximum absolute atomic E-state index is 12.1. The largest absolute Gasteiger partial charge is 0.492 e. The van der Waals surface area contributed by atoms with Crippen molar-refractivity contribution in [2.24, 2.45) is 0 Å². The Balaban J connectivity index is 1.34. The summed E-state index contributed by atoms with van der Waals surface area (Å²) in [6.07, 6.45) is 3.45. The van der Waals surface area contributed by atoms with E-state index in [2.05, 4.69) is 22.2 Å². The zero-order valence-corrected chi connectivity index (χ0v) is 17.0. The van der Waals surface area contributed by atoms with Crippen LogP contribution in [-0.4, -0.2) is 34.0 Å². The van der Waals surface area contributed by atoms with Crippen molar-refractivity contribution in [1.29, 1.82) is 0 Å². The van der Waals surface area contributed by atoms with Gasteiger partial charge in [-0.25, -0.2) is 13.1 Å². The van der Waals surface area contributed by atoms with E-state index in [0.29, 0.717) is 18.2 Å². The second-order valence-corrected chi connectivity index (χ2v) is 8.79. The van der Waals surface area contributed by atoms with Gasteiger partial charge in [-0.3, -0.25) is 4.79 Å². The predicted octanol–water partition coefficient (Wildman–Crippen LogP) is 2.69. The summed E-state index contributed by atoms with van der Waals surface area (Å²) < 4.78 is 32.4. The third-order valence-corrected chi connectivity index (χ3v) is 6.21. The number of carbonyl (C=O) groups excluding carboxylic acids is 1. The minimum Gasteiger partial charge on any atom is -0.492 e. The molecule has 2 aromatic rings. The molecule has 2 N–H and O–H groups in total. The average molecular weight is 423 g/mol. The van der Waals surface area contributed by atoms with Crippen molar-refractivity contribution in [3.63, 3.8) is 0 Å². The molecular weight excluding hydrogens is 400 g/mol. The smallest absolute Gasteiger partial charge is 0.240 e. The summed E-state index contributed by atoms with van der Waals surface area (Å²) in [6.45, 7) is 0.724. The summed E-state index contributed by atoms with van der Waals surface area (Å²) in [5.41, 5.74) is 2.73. The molecule has 0 fully saturated rings. The third kappa shape index (κ3) is 5.70. The molecule has 0 saturated heterocycles. The minimum atomic E-state index is -3.68. The van der Waals surface area contributed by atoms with E-state index in [1.54, 1.807) is 12.1 Å². The summed E-state index contributed by atoms with van der Waals surface area (Å²) in [7, 11) is -3.68. The Kier molecular flexibility index (Phi) is 6.93. The Hall–Kier alpha value is -2.09.